The Morgan fingerprint density at radius 3 is 2.08 bits per heavy atom. The number of carbonyl (C=O) groups excluding carboxylic acids is 3. The number of fused-ring (bicyclic) bond motifs is 3. The van der Waals surface area contributed by atoms with Gasteiger partial charge in [0.15, 0.2) is 11.8 Å². The third kappa shape index (κ3) is 4.09. The Bertz CT molecular complexity index is 1500. The second-order valence-corrected chi connectivity index (χ2v) is 9.40. The highest BCUT2D eigenvalue weighted by molar-refractivity contribution is 6.31. The first kappa shape index (κ1) is 25.7. The smallest absolute Gasteiger partial charge is 0.355 e. The fourth-order valence-electron chi connectivity index (χ4n) is 4.76. The largest absolute Gasteiger partial charge is 0.465 e. The first-order chi connectivity index (χ1) is 18.3. The molecule has 3 aromatic carbocycles. The lowest BCUT2D eigenvalue weighted by atomic mass is 9.76. The van der Waals surface area contributed by atoms with E-state index < -0.39 is 29.6 Å². The summed E-state index contributed by atoms with van der Waals surface area (Å²) in [5, 5.41) is 0.826. The first-order valence-electron chi connectivity index (χ1n) is 11.5. The molecule has 0 fully saturated rings. The summed E-state index contributed by atoms with van der Waals surface area (Å²) in [4.78, 5) is 43.1. The van der Waals surface area contributed by atoms with Crippen molar-refractivity contribution in [2.24, 2.45) is 0 Å². The molecule has 0 spiro atoms. The number of anilines is 1. The zero-order valence-electron chi connectivity index (χ0n) is 20.3. The van der Waals surface area contributed by atoms with E-state index in [1.807, 2.05) is 18.2 Å². The van der Waals surface area contributed by atoms with Crippen molar-refractivity contribution in [2.45, 2.75) is 11.8 Å². The highest BCUT2D eigenvalue weighted by atomic mass is 35.5. The molecule has 0 aromatic heterocycles. The monoisotopic (exact) mass is 549 g/mol. The molecule has 5 rings (SSSR count). The summed E-state index contributed by atoms with van der Waals surface area (Å²) in [6.07, 6.45) is 2.58. The number of esters is 2. The van der Waals surface area contributed by atoms with Gasteiger partial charge in [0.2, 0.25) is 5.78 Å². The summed E-state index contributed by atoms with van der Waals surface area (Å²) >= 11 is 12.2. The van der Waals surface area contributed by atoms with E-state index in [4.69, 9.17) is 37.4 Å². The molecule has 0 saturated heterocycles. The predicted octanol–water partition coefficient (Wildman–Crippen LogP) is 5.56. The van der Waals surface area contributed by atoms with E-state index in [0.29, 0.717) is 15.7 Å². The zero-order valence-corrected chi connectivity index (χ0v) is 21.8. The molecule has 38 heavy (non-hydrogen) atoms. The molecule has 0 unspecified atom stereocenters. The SMILES string of the molecule is COC(=O)C1=C(C(=O)OC)[C@](C(=O)c2ccc(Cl)cc2)(c2ccc(Cl)cc2)O[C@@H]2C=Cc3ccccc3N12. The van der Waals surface area contributed by atoms with E-state index in [1.165, 1.54) is 31.3 Å². The third-order valence-corrected chi connectivity index (χ3v) is 6.97. The normalized spacial score (nSPS) is 19.9. The predicted molar refractivity (Wildman–Crippen MR) is 143 cm³/mol. The second-order valence-electron chi connectivity index (χ2n) is 8.53. The van der Waals surface area contributed by atoms with Crippen LogP contribution >= 0.6 is 23.2 Å². The minimum Gasteiger partial charge on any atom is -0.465 e. The van der Waals surface area contributed by atoms with Crippen LogP contribution in [-0.2, 0) is 29.4 Å². The van der Waals surface area contributed by atoms with Gasteiger partial charge in [-0.15, -0.1) is 0 Å². The van der Waals surface area contributed by atoms with Gasteiger partial charge in [0.25, 0.3) is 0 Å². The number of nitrogens with zero attached hydrogens (tertiary/aromatic N) is 1. The second kappa shape index (κ2) is 10.1. The van der Waals surface area contributed by atoms with Crippen LogP contribution in [0.3, 0.4) is 0 Å². The van der Waals surface area contributed by atoms with Gasteiger partial charge in [-0.2, -0.15) is 0 Å². The molecule has 0 bridgehead atoms. The summed E-state index contributed by atoms with van der Waals surface area (Å²) in [5.41, 5.74) is -0.766. The van der Waals surface area contributed by atoms with Crippen molar-refractivity contribution in [3.63, 3.8) is 0 Å². The van der Waals surface area contributed by atoms with Crippen LogP contribution in [0.2, 0.25) is 10.0 Å². The Kier molecular flexibility index (Phi) is 6.84. The lowest BCUT2D eigenvalue weighted by molar-refractivity contribution is -0.145. The third-order valence-electron chi connectivity index (χ3n) is 6.46. The average molecular weight is 550 g/mol. The summed E-state index contributed by atoms with van der Waals surface area (Å²) in [6, 6.07) is 19.7. The maximum atomic E-state index is 14.5. The number of para-hydroxylation sites is 1. The number of hydrogen-bond donors (Lipinski definition) is 0. The van der Waals surface area contributed by atoms with E-state index in [9.17, 15) is 14.4 Å². The standard InChI is InChI=1S/C29H21Cl2NO6/c1-36-27(34)24-25(28(35)37-2)32-22-6-4-3-5-17(22)9-16-23(32)38-29(24,19-10-14-21(31)15-11-19)26(33)18-7-12-20(30)13-8-18/h3-16,23H,1-2H3/t23-,29+/m1/s1. The molecule has 0 amide bonds. The van der Waals surface area contributed by atoms with Gasteiger partial charge < -0.3 is 19.1 Å². The van der Waals surface area contributed by atoms with Crippen LogP contribution in [0.4, 0.5) is 5.69 Å². The summed E-state index contributed by atoms with van der Waals surface area (Å²) < 4.78 is 16.9. The molecule has 192 valence electrons. The lowest BCUT2D eigenvalue weighted by Crippen LogP contribution is -2.57. The van der Waals surface area contributed by atoms with Crippen LogP contribution in [0.5, 0.6) is 0 Å². The number of ether oxygens (including phenoxy) is 3. The summed E-state index contributed by atoms with van der Waals surface area (Å²) in [6.45, 7) is 0. The zero-order chi connectivity index (χ0) is 27.0. The molecule has 0 radical (unpaired) electrons. The molecule has 7 nitrogen and oxygen atoms in total. The van der Waals surface area contributed by atoms with Crippen molar-refractivity contribution in [1.29, 1.82) is 0 Å². The lowest BCUT2D eigenvalue weighted by Gasteiger charge is -2.48. The van der Waals surface area contributed by atoms with Gasteiger partial charge in [-0.1, -0.05) is 59.6 Å². The summed E-state index contributed by atoms with van der Waals surface area (Å²) in [7, 11) is 2.37. The molecular weight excluding hydrogens is 529 g/mol. The number of carbonyl (C=O) groups is 3. The quantitative estimate of drug-likeness (QED) is 0.304. The van der Waals surface area contributed by atoms with Crippen LogP contribution in [0, 0.1) is 0 Å². The van der Waals surface area contributed by atoms with Crippen LogP contribution in [-0.4, -0.2) is 38.2 Å². The Balaban J connectivity index is 1.90. The average Bonchev–Trinajstić information content (AvgIpc) is 2.95. The van der Waals surface area contributed by atoms with Crippen molar-refractivity contribution >= 4 is 52.7 Å². The maximum absolute atomic E-state index is 14.5. The van der Waals surface area contributed by atoms with E-state index in [2.05, 4.69) is 0 Å². The highest BCUT2D eigenvalue weighted by Gasteiger charge is 2.58. The van der Waals surface area contributed by atoms with E-state index in [0.717, 1.165) is 5.56 Å². The minimum absolute atomic E-state index is 0.176. The van der Waals surface area contributed by atoms with Crippen molar-refractivity contribution in [3.8, 4) is 0 Å². The molecule has 2 heterocycles. The maximum Gasteiger partial charge on any atom is 0.355 e. The van der Waals surface area contributed by atoms with E-state index in [-0.39, 0.29) is 22.4 Å². The number of benzene rings is 3. The summed E-state index contributed by atoms with van der Waals surface area (Å²) in [5.74, 6) is -2.38. The molecule has 2 atom stereocenters. The van der Waals surface area contributed by atoms with Gasteiger partial charge in [-0.05, 0) is 59.7 Å². The Labute approximate surface area is 228 Å². The van der Waals surface area contributed by atoms with Gasteiger partial charge in [0, 0.05) is 15.6 Å². The molecule has 0 N–H and O–H groups in total. The van der Waals surface area contributed by atoms with Gasteiger partial charge in [-0.3, -0.25) is 4.79 Å². The molecule has 0 aliphatic carbocycles. The van der Waals surface area contributed by atoms with Gasteiger partial charge in [0.05, 0.1) is 19.9 Å². The van der Waals surface area contributed by atoms with Crippen molar-refractivity contribution in [1.82, 2.24) is 0 Å². The molecule has 9 heteroatoms. The molecular formula is C29H21Cl2NO6. The highest BCUT2D eigenvalue weighted by Crippen LogP contribution is 2.49. The molecule has 3 aromatic rings. The Morgan fingerprint density at radius 2 is 1.45 bits per heavy atom. The number of hydrogen-bond acceptors (Lipinski definition) is 7. The van der Waals surface area contributed by atoms with Crippen molar-refractivity contribution in [2.75, 3.05) is 19.1 Å². The minimum atomic E-state index is -2.10. The van der Waals surface area contributed by atoms with Crippen LogP contribution in [0.15, 0.2) is 90.1 Å². The van der Waals surface area contributed by atoms with Crippen LogP contribution < -0.4 is 4.90 Å². The topological polar surface area (TPSA) is 82.1 Å². The molecule has 2 aliphatic rings. The van der Waals surface area contributed by atoms with Crippen LogP contribution in [0.1, 0.15) is 21.5 Å². The molecule has 2 aliphatic heterocycles. The Hall–Kier alpha value is -3.91. The number of methoxy groups -OCH3 is 2. The molecule has 0 saturated carbocycles. The van der Waals surface area contributed by atoms with Gasteiger partial charge in [0.1, 0.15) is 11.3 Å². The van der Waals surface area contributed by atoms with Gasteiger partial charge in [-0.25, -0.2) is 9.59 Å². The van der Waals surface area contributed by atoms with Crippen LogP contribution in [0.25, 0.3) is 6.08 Å². The van der Waals surface area contributed by atoms with E-state index in [1.54, 1.807) is 54.6 Å². The van der Waals surface area contributed by atoms with E-state index >= 15 is 0 Å². The number of Topliss-reactive ketones (excluding diaryl/α,β-unsaturated/α-hetero) is 1. The van der Waals surface area contributed by atoms with Gasteiger partial charge >= 0.3 is 11.9 Å². The van der Waals surface area contributed by atoms with Crippen molar-refractivity contribution in [3.05, 3.63) is 117 Å². The Morgan fingerprint density at radius 1 is 0.842 bits per heavy atom. The number of halogens is 2. The number of rotatable bonds is 5. The number of ketones is 1. The fraction of sp³-hybridized carbons (Fsp3) is 0.138. The first-order valence-corrected chi connectivity index (χ1v) is 12.3. The van der Waals surface area contributed by atoms with Crippen molar-refractivity contribution < 1.29 is 28.6 Å². The fourth-order valence-corrected chi connectivity index (χ4v) is 5.02.